The molecule has 0 spiro atoms. The van der Waals surface area contributed by atoms with Crippen molar-refractivity contribution in [2.24, 2.45) is 5.92 Å². The molecule has 62 heavy (non-hydrogen) atoms. The summed E-state index contributed by atoms with van der Waals surface area (Å²) in [5.74, 6) is 1.53. The molecule has 0 aromatic heterocycles. The first kappa shape index (κ1) is 45.3. The molecular formula is C55H64O6S. The number of hydrogen-bond acceptors (Lipinski definition) is 7. The van der Waals surface area contributed by atoms with Crippen LogP contribution in [-0.4, -0.2) is 49.7 Å². The third-order valence-corrected chi connectivity index (χ3v) is 13.9. The maximum absolute atomic E-state index is 14.2. The molecule has 0 aliphatic heterocycles. The number of hydrogen-bond donors (Lipinski definition) is 1. The second-order valence-corrected chi connectivity index (χ2v) is 18.2. The molecule has 0 amide bonds. The Morgan fingerprint density at radius 1 is 0.645 bits per heavy atom. The van der Waals surface area contributed by atoms with Crippen molar-refractivity contribution >= 4 is 23.3 Å². The number of phenols is 1. The molecule has 2 aliphatic carbocycles. The Kier molecular flexibility index (Phi) is 16.2. The standard InChI is InChI=1S/C55H64O6S/c1-5-8-9-10-11-12-15-38-18-20-40(21-19-38)41-22-24-42(25-23-41)43-26-28-45(29-27-43)62-49-36-48(54(58)51-50(49)52(56)46-16-13-14-17-47(46)53(51)57)44-34-37(4)55(39(6-2)35-44)61-33-32-60-31-30-59-7-3/h13-14,16-17,22-29,34-36,38,40,58H,5-12,15,18-21,30-33H2,1-4H3. The highest BCUT2D eigenvalue weighted by molar-refractivity contribution is 7.99. The molecule has 0 bridgehead atoms. The first-order valence-corrected chi connectivity index (χ1v) is 24.0. The summed E-state index contributed by atoms with van der Waals surface area (Å²) in [5, 5.41) is 12.0. The Labute approximate surface area is 373 Å². The van der Waals surface area contributed by atoms with E-state index in [-0.39, 0.29) is 28.4 Å². The Morgan fingerprint density at radius 2 is 1.27 bits per heavy atom. The van der Waals surface area contributed by atoms with E-state index >= 15 is 0 Å². The van der Waals surface area contributed by atoms with Crippen molar-refractivity contribution in [1.29, 1.82) is 0 Å². The molecule has 0 radical (unpaired) electrons. The van der Waals surface area contributed by atoms with Crippen LogP contribution in [0, 0.1) is 12.8 Å². The molecule has 326 valence electrons. The normalized spacial score (nSPS) is 16.0. The summed E-state index contributed by atoms with van der Waals surface area (Å²) < 4.78 is 17.2. The molecule has 6 nitrogen and oxygen atoms in total. The van der Waals surface area contributed by atoms with Crippen LogP contribution in [-0.2, 0) is 15.9 Å². The van der Waals surface area contributed by atoms with E-state index in [0.717, 1.165) is 38.8 Å². The lowest BCUT2D eigenvalue weighted by Gasteiger charge is -2.29. The van der Waals surface area contributed by atoms with Crippen molar-refractivity contribution < 1.29 is 28.9 Å². The number of benzene rings is 5. The largest absolute Gasteiger partial charge is 0.507 e. The van der Waals surface area contributed by atoms with Gasteiger partial charge in [0.25, 0.3) is 0 Å². The van der Waals surface area contributed by atoms with E-state index in [1.807, 2.05) is 32.0 Å². The zero-order valence-corrected chi connectivity index (χ0v) is 38.0. The van der Waals surface area contributed by atoms with E-state index in [0.29, 0.717) is 67.0 Å². The van der Waals surface area contributed by atoms with Gasteiger partial charge >= 0.3 is 0 Å². The van der Waals surface area contributed by atoms with Gasteiger partial charge in [-0.15, -0.1) is 0 Å². The highest BCUT2D eigenvalue weighted by Gasteiger charge is 2.36. The maximum atomic E-state index is 14.2. The third-order valence-electron chi connectivity index (χ3n) is 12.8. The zero-order valence-electron chi connectivity index (χ0n) is 37.2. The van der Waals surface area contributed by atoms with Crippen LogP contribution in [0.4, 0.5) is 0 Å². The molecule has 0 unspecified atom stereocenters. The van der Waals surface area contributed by atoms with E-state index in [1.165, 1.54) is 93.5 Å². The summed E-state index contributed by atoms with van der Waals surface area (Å²) in [6.07, 6.45) is 15.7. The number of carbonyl (C=O) groups is 2. The van der Waals surface area contributed by atoms with E-state index in [1.54, 1.807) is 24.3 Å². The molecule has 7 rings (SSSR count). The quantitative estimate of drug-likeness (QED) is 0.0722. The van der Waals surface area contributed by atoms with Gasteiger partial charge in [-0.1, -0.05) is 131 Å². The summed E-state index contributed by atoms with van der Waals surface area (Å²) >= 11 is 1.44. The van der Waals surface area contributed by atoms with E-state index < -0.39 is 0 Å². The third kappa shape index (κ3) is 10.7. The van der Waals surface area contributed by atoms with Crippen molar-refractivity contribution in [3.8, 4) is 33.8 Å². The van der Waals surface area contributed by atoms with Gasteiger partial charge in [0.05, 0.1) is 30.9 Å². The Bertz CT molecular complexity index is 2290. The molecule has 1 fully saturated rings. The maximum Gasteiger partial charge on any atom is 0.198 e. The van der Waals surface area contributed by atoms with Gasteiger partial charge < -0.3 is 19.3 Å². The minimum Gasteiger partial charge on any atom is -0.507 e. The first-order valence-electron chi connectivity index (χ1n) is 23.2. The van der Waals surface area contributed by atoms with E-state index in [9.17, 15) is 14.7 Å². The average Bonchev–Trinajstić information content (AvgIpc) is 3.30. The predicted octanol–water partition coefficient (Wildman–Crippen LogP) is 14.0. The van der Waals surface area contributed by atoms with Crippen LogP contribution < -0.4 is 4.74 Å². The topological polar surface area (TPSA) is 82.1 Å². The summed E-state index contributed by atoms with van der Waals surface area (Å²) in [6, 6.07) is 30.3. The summed E-state index contributed by atoms with van der Waals surface area (Å²) in [6.45, 7) is 10.9. The lowest BCUT2D eigenvalue weighted by Crippen LogP contribution is -2.22. The van der Waals surface area contributed by atoms with Gasteiger partial charge in [0.1, 0.15) is 18.1 Å². The number of fused-ring (bicyclic) bond motifs is 2. The van der Waals surface area contributed by atoms with Crippen LogP contribution in [0.15, 0.2) is 101 Å². The number of ketones is 2. The Hall–Kier alpha value is -4.69. The predicted molar refractivity (Wildman–Crippen MR) is 252 cm³/mol. The molecule has 0 atom stereocenters. The summed E-state index contributed by atoms with van der Waals surface area (Å²) in [7, 11) is 0. The summed E-state index contributed by atoms with van der Waals surface area (Å²) in [4.78, 5) is 30.0. The fourth-order valence-corrected chi connectivity index (χ4v) is 10.4. The average molecular weight is 853 g/mol. The SMILES string of the molecule is CCCCCCCCC1CCC(c2ccc(-c3ccc(Sc4cc(-c5cc(C)c(OCCOCCOCC)c(CC)c5)c(O)c5c4C(=O)c4ccccc4C5=O)cc3)cc2)CC1. The van der Waals surface area contributed by atoms with Crippen LogP contribution in [0.5, 0.6) is 11.5 Å². The zero-order chi connectivity index (χ0) is 43.4. The summed E-state index contributed by atoms with van der Waals surface area (Å²) in [5.41, 5.74) is 7.83. The number of rotatable bonds is 21. The molecule has 0 heterocycles. The number of aryl methyl sites for hydroxylation is 2. The van der Waals surface area contributed by atoms with E-state index in [2.05, 4.69) is 62.4 Å². The van der Waals surface area contributed by atoms with E-state index in [4.69, 9.17) is 14.2 Å². The van der Waals surface area contributed by atoms with Crippen LogP contribution in [0.3, 0.4) is 0 Å². The van der Waals surface area contributed by atoms with Crippen molar-refractivity contribution in [2.75, 3.05) is 33.0 Å². The van der Waals surface area contributed by atoms with Gasteiger partial charge in [-0.05, 0) is 121 Å². The Balaban J connectivity index is 1.09. The first-order chi connectivity index (χ1) is 30.3. The van der Waals surface area contributed by atoms with Gasteiger partial charge in [-0.25, -0.2) is 0 Å². The van der Waals surface area contributed by atoms with Crippen LogP contribution >= 0.6 is 11.8 Å². The number of aromatic hydroxyl groups is 1. The van der Waals surface area contributed by atoms with Gasteiger partial charge in [0.2, 0.25) is 0 Å². The number of ether oxygens (including phenoxy) is 3. The monoisotopic (exact) mass is 852 g/mol. The van der Waals surface area contributed by atoms with Crippen molar-refractivity contribution in [3.63, 3.8) is 0 Å². The molecule has 5 aromatic carbocycles. The second-order valence-electron chi connectivity index (χ2n) is 17.0. The minimum atomic E-state index is -0.354. The van der Waals surface area contributed by atoms with Crippen molar-refractivity contribution in [1.82, 2.24) is 0 Å². The van der Waals surface area contributed by atoms with Crippen LogP contribution in [0.25, 0.3) is 22.3 Å². The smallest absolute Gasteiger partial charge is 0.198 e. The lowest BCUT2D eigenvalue weighted by molar-refractivity contribution is 0.0403. The van der Waals surface area contributed by atoms with Crippen LogP contribution in [0.2, 0.25) is 0 Å². The van der Waals surface area contributed by atoms with Gasteiger partial charge in [0.15, 0.2) is 11.6 Å². The second kappa shape index (κ2) is 22.1. The molecular weight excluding hydrogens is 789 g/mol. The molecule has 0 saturated heterocycles. The fourth-order valence-electron chi connectivity index (χ4n) is 9.37. The molecule has 2 aliphatic rings. The Morgan fingerprint density at radius 3 is 1.95 bits per heavy atom. The number of carbonyl (C=O) groups excluding carboxylic acids is 2. The van der Waals surface area contributed by atoms with Crippen molar-refractivity contribution in [3.05, 3.63) is 130 Å². The van der Waals surface area contributed by atoms with Crippen molar-refractivity contribution in [2.45, 2.75) is 120 Å². The van der Waals surface area contributed by atoms with Gasteiger partial charge in [0, 0.05) is 33.1 Å². The van der Waals surface area contributed by atoms with Crippen LogP contribution in [0.1, 0.15) is 146 Å². The number of unbranched alkanes of at least 4 members (excludes halogenated alkanes) is 5. The highest BCUT2D eigenvalue weighted by Crippen LogP contribution is 2.47. The lowest BCUT2D eigenvalue weighted by atomic mass is 9.77. The van der Waals surface area contributed by atoms with Gasteiger partial charge in [-0.2, -0.15) is 0 Å². The van der Waals surface area contributed by atoms with Gasteiger partial charge in [-0.3, -0.25) is 9.59 Å². The fraction of sp³-hybridized carbons (Fsp3) is 0.418. The molecule has 7 heteroatoms. The molecule has 1 saturated carbocycles. The molecule has 5 aromatic rings. The number of phenolic OH excluding ortho intramolecular Hbond substituents is 1. The minimum absolute atomic E-state index is 0.0527. The molecule has 1 N–H and O–H groups in total. The highest BCUT2D eigenvalue weighted by atomic mass is 32.2.